The summed E-state index contributed by atoms with van der Waals surface area (Å²) >= 11 is 0. The average Bonchev–Trinajstić information content (AvgIpc) is 2.26. The third kappa shape index (κ3) is 4.61. The molecule has 0 bridgehead atoms. The molecule has 0 aliphatic carbocycles. The second-order valence-corrected chi connectivity index (χ2v) is 4.04. The highest BCUT2D eigenvalue weighted by Gasteiger charge is 2.22. The van der Waals surface area contributed by atoms with Crippen molar-refractivity contribution in [2.75, 3.05) is 6.54 Å². The normalized spacial score (nSPS) is 16.1. The molecule has 5 heteroatoms. The molecule has 4 N–H and O–H groups in total. The van der Waals surface area contributed by atoms with E-state index in [1.807, 2.05) is 20.8 Å². The number of carbonyl (C=O) groups is 2. The molecule has 0 spiro atoms. The zero-order valence-electron chi connectivity index (χ0n) is 10.5. The zero-order chi connectivity index (χ0) is 12.7. The number of nitrogens with one attached hydrogen (secondary N) is 2. The molecule has 0 saturated carbocycles. The lowest BCUT2D eigenvalue weighted by Gasteiger charge is -2.20. The maximum atomic E-state index is 11.6. The van der Waals surface area contributed by atoms with E-state index in [0.29, 0.717) is 6.54 Å². The summed E-state index contributed by atoms with van der Waals surface area (Å²) in [4.78, 5) is 23.0. The Labute approximate surface area is 97.2 Å². The topological polar surface area (TPSA) is 84.2 Å². The first-order chi connectivity index (χ1) is 7.43. The van der Waals surface area contributed by atoms with Gasteiger partial charge in [0.25, 0.3) is 0 Å². The van der Waals surface area contributed by atoms with Crippen LogP contribution in [0.15, 0.2) is 0 Å². The fourth-order valence-corrected chi connectivity index (χ4v) is 1.21. The van der Waals surface area contributed by atoms with Gasteiger partial charge in [-0.3, -0.25) is 9.59 Å². The summed E-state index contributed by atoms with van der Waals surface area (Å²) in [5, 5.41) is 5.24. The van der Waals surface area contributed by atoms with Gasteiger partial charge in [-0.05, 0) is 19.8 Å². The van der Waals surface area contributed by atoms with Crippen LogP contribution in [-0.2, 0) is 9.59 Å². The van der Waals surface area contributed by atoms with Crippen LogP contribution in [-0.4, -0.2) is 30.4 Å². The van der Waals surface area contributed by atoms with Crippen LogP contribution in [0.1, 0.15) is 34.1 Å². The van der Waals surface area contributed by atoms with E-state index < -0.39 is 12.1 Å². The molecule has 0 rings (SSSR count). The molecule has 0 aliphatic rings. The summed E-state index contributed by atoms with van der Waals surface area (Å²) in [6.45, 7) is 7.92. The molecule has 0 fully saturated rings. The van der Waals surface area contributed by atoms with Crippen LogP contribution in [0.25, 0.3) is 0 Å². The highest BCUT2D eigenvalue weighted by molar-refractivity contribution is 5.89. The fourth-order valence-electron chi connectivity index (χ4n) is 1.21. The fraction of sp³-hybridized carbons (Fsp3) is 0.818. The largest absolute Gasteiger partial charge is 0.355 e. The van der Waals surface area contributed by atoms with Gasteiger partial charge in [-0.2, -0.15) is 0 Å². The van der Waals surface area contributed by atoms with Crippen molar-refractivity contribution in [3.63, 3.8) is 0 Å². The lowest BCUT2D eigenvalue weighted by molar-refractivity contribution is -0.129. The van der Waals surface area contributed by atoms with Gasteiger partial charge in [0.1, 0.15) is 6.04 Å². The number of amides is 2. The molecule has 0 aromatic carbocycles. The van der Waals surface area contributed by atoms with Crippen molar-refractivity contribution in [3.05, 3.63) is 0 Å². The Morgan fingerprint density at radius 1 is 1.19 bits per heavy atom. The average molecular weight is 229 g/mol. The number of likely N-dealkylation sites (N-methyl/N-ethyl adjacent to an activating group) is 1. The number of hydrogen-bond donors (Lipinski definition) is 3. The second-order valence-electron chi connectivity index (χ2n) is 4.04. The highest BCUT2D eigenvalue weighted by Crippen LogP contribution is 2.05. The van der Waals surface area contributed by atoms with E-state index in [4.69, 9.17) is 5.73 Å². The van der Waals surface area contributed by atoms with Crippen LogP contribution in [0, 0.1) is 5.92 Å². The van der Waals surface area contributed by atoms with E-state index in [1.165, 1.54) is 0 Å². The molecule has 94 valence electrons. The van der Waals surface area contributed by atoms with E-state index >= 15 is 0 Å². The lowest BCUT2D eigenvalue weighted by Crippen LogP contribution is -2.52. The van der Waals surface area contributed by atoms with Gasteiger partial charge in [-0.1, -0.05) is 20.3 Å². The van der Waals surface area contributed by atoms with Gasteiger partial charge in [0.05, 0.1) is 6.04 Å². The number of nitrogens with two attached hydrogens (primary N) is 1. The molecule has 0 aliphatic heterocycles. The van der Waals surface area contributed by atoms with E-state index in [9.17, 15) is 9.59 Å². The summed E-state index contributed by atoms with van der Waals surface area (Å²) < 4.78 is 0. The molecule has 5 nitrogen and oxygen atoms in total. The monoisotopic (exact) mass is 229 g/mol. The number of rotatable bonds is 6. The van der Waals surface area contributed by atoms with Crippen LogP contribution in [0.4, 0.5) is 0 Å². The Morgan fingerprint density at radius 2 is 1.75 bits per heavy atom. The molecule has 0 radical (unpaired) electrons. The van der Waals surface area contributed by atoms with Gasteiger partial charge in [-0.15, -0.1) is 0 Å². The Bertz CT molecular complexity index is 243. The van der Waals surface area contributed by atoms with Gasteiger partial charge < -0.3 is 16.4 Å². The molecular formula is C11H23N3O2. The van der Waals surface area contributed by atoms with E-state index in [1.54, 1.807) is 6.92 Å². The predicted molar refractivity (Wildman–Crippen MR) is 63.7 cm³/mol. The van der Waals surface area contributed by atoms with Gasteiger partial charge in [-0.25, -0.2) is 0 Å². The van der Waals surface area contributed by atoms with E-state index in [2.05, 4.69) is 10.6 Å². The molecule has 0 aromatic heterocycles. The SMILES string of the molecule is CCNC(=O)C(C)NC(=O)C(N)C(C)CC. The highest BCUT2D eigenvalue weighted by atomic mass is 16.2. The summed E-state index contributed by atoms with van der Waals surface area (Å²) in [7, 11) is 0. The van der Waals surface area contributed by atoms with Crippen LogP contribution in [0.5, 0.6) is 0 Å². The molecule has 2 amide bonds. The Hall–Kier alpha value is -1.10. The first-order valence-corrected chi connectivity index (χ1v) is 5.77. The summed E-state index contributed by atoms with van der Waals surface area (Å²) in [6.07, 6.45) is 0.837. The standard InChI is InChI=1S/C11H23N3O2/c1-5-7(3)9(12)11(16)14-8(4)10(15)13-6-2/h7-9H,5-6,12H2,1-4H3,(H,13,15)(H,14,16). The molecule has 16 heavy (non-hydrogen) atoms. The minimum atomic E-state index is -0.554. The number of carbonyl (C=O) groups excluding carboxylic acids is 2. The first-order valence-electron chi connectivity index (χ1n) is 5.77. The van der Waals surface area contributed by atoms with Gasteiger partial charge in [0.15, 0.2) is 0 Å². The molecular weight excluding hydrogens is 206 g/mol. The summed E-state index contributed by atoms with van der Waals surface area (Å²) in [6, 6.07) is -1.09. The summed E-state index contributed by atoms with van der Waals surface area (Å²) in [5.74, 6) is -0.346. The first kappa shape index (κ1) is 14.9. The van der Waals surface area contributed by atoms with Crippen LogP contribution in [0.2, 0.25) is 0 Å². The van der Waals surface area contributed by atoms with Crippen LogP contribution in [0.3, 0.4) is 0 Å². The molecule has 0 aromatic rings. The Morgan fingerprint density at radius 3 is 2.19 bits per heavy atom. The van der Waals surface area contributed by atoms with E-state index in [-0.39, 0.29) is 17.7 Å². The maximum Gasteiger partial charge on any atom is 0.242 e. The third-order valence-electron chi connectivity index (χ3n) is 2.66. The van der Waals surface area contributed by atoms with Crippen molar-refractivity contribution in [2.24, 2.45) is 11.7 Å². The van der Waals surface area contributed by atoms with Crippen LogP contribution < -0.4 is 16.4 Å². The Kier molecular flexibility index (Phi) is 6.72. The molecule has 0 heterocycles. The summed E-state index contributed by atoms with van der Waals surface area (Å²) in [5.41, 5.74) is 5.75. The second kappa shape index (κ2) is 7.22. The predicted octanol–water partition coefficient (Wildman–Crippen LogP) is 0.000600. The van der Waals surface area contributed by atoms with Crippen molar-refractivity contribution < 1.29 is 9.59 Å². The zero-order valence-corrected chi connectivity index (χ0v) is 10.5. The Balaban J connectivity index is 4.18. The number of hydrogen-bond acceptors (Lipinski definition) is 3. The minimum absolute atomic E-state index is 0.112. The lowest BCUT2D eigenvalue weighted by atomic mass is 9.99. The van der Waals surface area contributed by atoms with Crippen LogP contribution >= 0.6 is 0 Å². The van der Waals surface area contributed by atoms with Crippen molar-refractivity contribution in [1.29, 1.82) is 0 Å². The van der Waals surface area contributed by atoms with Crippen molar-refractivity contribution >= 4 is 11.8 Å². The maximum absolute atomic E-state index is 11.6. The minimum Gasteiger partial charge on any atom is -0.355 e. The van der Waals surface area contributed by atoms with Crippen molar-refractivity contribution in [3.8, 4) is 0 Å². The van der Waals surface area contributed by atoms with Crippen molar-refractivity contribution in [2.45, 2.75) is 46.2 Å². The van der Waals surface area contributed by atoms with E-state index in [0.717, 1.165) is 6.42 Å². The quantitative estimate of drug-likeness (QED) is 0.599. The molecule has 3 atom stereocenters. The van der Waals surface area contributed by atoms with Gasteiger partial charge >= 0.3 is 0 Å². The van der Waals surface area contributed by atoms with Crippen molar-refractivity contribution in [1.82, 2.24) is 10.6 Å². The molecule has 0 saturated heterocycles. The van der Waals surface area contributed by atoms with Gasteiger partial charge in [0, 0.05) is 6.54 Å². The smallest absolute Gasteiger partial charge is 0.242 e. The molecule has 3 unspecified atom stereocenters. The third-order valence-corrected chi connectivity index (χ3v) is 2.66. The van der Waals surface area contributed by atoms with Gasteiger partial charge in [0.2, 0.25) is 11.8 Å².